The number of carbonyl (C=O) groups is 1. The third-order valence-electron chi connectivity index (χ3n) is 1.81. The first-order valence-electron chi connectivity index (χ1n) is 4.24. The molecule has 0 bridgehead atoms. The lowest BCUT2D eigenvalue weighted by molar-refractivity contribution is -0.111. The molecule has 0 spiro atoms. The molecule has 1 aromatic rings. The molecule has 0 aromatic heterocycles. The molecule has 0 atom stereocenters. The van der Waals surface area contributed by atoms with Gasteiger partial charge in [-0.2, -0.15) is 0 Å². The second kappa shape index (κ2) is 3.79. The minimum Gasteiger partial charge on any atom is -0.266 e. The molecule has 2 rings (SSSR count). The molecule has 1 aromatic carbocycles. The zero-order valence-corrected chi connectivity index (χ0v) is 7.42. The van der Waals surface area contributed by atoms with Crippen LogP contribution in [-0.4, -0.2) is 18.3 Å². The highest BCUT2D eigenvalue weighted by molar-refractivity contribution is 6.29. The molecule has 1 heterocycles. The van der Waals surface area contributed by atoms with Crippen LogP contribution in [0.2, 0.25) is 0 Å². The van der Waals surface area contributed by atoms with Crippen molar-refractivity contribution in [1.29, 1.82) is 0 Å². The molecule has 0 N–H and O–H groups in total. The summed E-state index contributed by atoms with van der Waals surface area (Å²) in [5.41, 5.74) is 1.76. The Morgan fingerprint density at radius 2 is 1.93 bits per heavy atom. The van der Waals surface area contributed by atoms with E-state index in [2.05, 4.69) is 9.98 Å². The maximum Gasteiger partial charge on any atom is 0.288 e. The molecule has 0 fully saturated rings. The van der Waals surface area contributed by atoms with E-state index in [9.17, 15) is 4.79 Å². The molecule has 68 valence electrons. The van der Waals surface area contributed by atoms with Gasteiger partial charge < -0.3 is 0 Å². The molecular formula is C11H8N2O. The quantitative estimate of drug-likeness (QED) is 0.608. The fourth-order valence-electron chi connectivity index (χ4n) is 1.17. The third kappa shape index (κ3) is 1.82. The molecule has 0 radical (unpaired) electrons. The van der Waals surface area contributed by atoms with Gasteiger partial charge in [0.1, 0.15) is 0 Å². The van der Waals surface area contributed by atoms with Crippen LogP contribution in [-0.2, 0) is 4.79 Å². The molecule has 1 aliphatic heterocycles. The maximum absolute atomic E-state index is 11.0. The Bertz CT molecular complexity index is 444. The summed E-state index contributed by atoms with van der Waals surface area (Å²) in [4.78, 5) is 18.7. The number of rotatable bonds is 0. The van der Waals surface area contributed by atoms with E-state index in [1.807, 2.05) is 30.3 Å². The van der Waals surface area contributed by atoms with Gasteiger partial charge in [-0.3, -0.25) is 9.79 Å². The minimum absolute atomic E-state index is 0.341. The average Bonchev–Trinajstić information content (AvgIpc) is 2.30. The first kappa shape index (κ1) is 8.56. The van der Waals surface area contributed by atoms with Crippen LogP contribution in [0.1, 0.15) is 5.56 Å². The minimum atomic E-state index is -0.341. The summed E-state index contributed by atoms with van der Waals surface area (Å²) >= 11 is 0. The summed E-state index contributed by atoms with van der Waals surface area (Å²) in [6, 6.07) is 7.60. The first-order chi connectivity index (χ1) is 6.86. The van der Waals surface area contributed by atoms with Crippen LogP contribution in [0.15, 0.2) is 40.3 Å². The van der Waals surface area contributed by atoms with Crippen LogP contribution in [0.5, 0.6) is 0 Å². The van der Waals surface area contributed by atoms with Crippen LogP contribution in [0.4, 0.5) is 5.69 Å². The highest BCUT2D eigenvalue weighted by atomic mass is 16.1. The van der Waals surface area contributed by atoms with Crippen LogP contribution in [0.3, 0.4) is 0 Å². The Kier molecular flexibility index (Phi) is 2.32. The number of allylic oxidation sites excluding steroid dienone is 1. The Labute approximate surface area is 81.5 Å². The van der Waals surface area contributed by atoms with Crippen molar-refractivity contribution in [1.82, 2.24) is 0 Å². The topological polar surface area (TPSA) is 41.8 Å². The SMILES string of the molecule is O=C1/C=N\c2ccccc2/C=C\C=N/1. The van der Waals surface area contributed by atoms with E-state index < -0.39 is 0 Å². The molecule has 3 nitrogen and oxygen atoms in total. The van der Waals surface area contributed by atoms with Gasteiger partial charge in [-0.05, 0) is 12.1 Å². The fourth-order valence-corrected chi connectivity index (χ4v) is 1.17. The monoisotopic (exact) mass is 184 g/mol. The van der Waals surface area contributed by atoms with E-state index in [1.54, 1.807) is 6.08 Å². The predicted molar refractivity (Wildman–Crippen MR) is 57.1 cm³/mol. The Hall–Kier alpha value is -2.03. The predicted octanol–water partition coefficient (Wildman–Crippen LogP) is 2.01. The third-order valence-corrected chi connectivity index (χ3v) is 1.81. The summed E-state index contributed by atoms with van der Waals surface area (Å²) in [7, 11) is 0. The Morgan fingerprint density at radius 1 is 1.07 bits per heavy atom. The van der Waals surface area contributed by atoms with E-state index in [0.29, 0.717) is 0 Å². The first-order valence-corrected chi connectivity index (χ1v) is 4.24. The van der Waals surface area contributed by atoms with Crippen molar-refractivity contribution in [3.05, 3.63) is 35.9 Å². The normalized spacial score (nSPS) is 21.3. The van der Waals surface area contributed by atoms with Crippen molar-refractivity contribution in [2.45, 2.75) is 0 Å². The highest BCUT2D eigenvalue weighted by Crippen LogP contribution is 2.19. The Morgan fingerprint density at radius 3 is 2.86 bits per heavy atom. The molecule has 0 saturated carbocycles. The molecule has 0 aliphatic carbocycles. The number of hydrogen-bond donors (Lipinski definition) is 0. The van der Waals surface area contributed by atoms with Crippen LogP contribution in [0, 0.1) is 0 Å². The zero-order valence-electron chi connectivity index (χ0n) is 7.42. The van der Waals surface area contributed by atoms with Crippen molar-refractivity contribution in [2.75, 3.05) is 0 Å². The zero-order chi connectivity index (χ0) is 9.80. The van der Waals surface area contributed by atoms with E-state index in [4.69, 9.17) is 0 Å². The number of fused-ring (bicyclic) bond motifs is 1. The molecule has 1 aliphatic rings. The van der Waals surface area contributed by atoms with Crippen molar-refractivity contribution in [2.24, 2.45) is 9.98 Å². The van der Waals surface area contributed by atoms with Gasteiger partial charge in [-0.1, -0.05) is 24.3 Å². The lowest BCUT2D eigenvalue weighted by atomic mass is 10.1. The molecule has 3 heteroatoms. The molecular weight excluding hydrogens is 176 g/mol. The standard InChI is InChI=1S/C11H8N2O/c14-11-8-13-10-6-2-1-4-9(10)5-3-7-12-11/h1-8H/b5-3-,12-7-,13-8-. The number of carbonyl (C=O) groups excluding carboxylic acids is 1. The van der Waals surface area contributed by atoms with Crippen molar-refractivity contribution >= 4 is 30.1 Å². The molecule has 0 saturated heterocycles. The van der Waals surface area contributed by atoms with Gasteiger partial charge in [0.2, 0.25) is 0 Å². The molecule has 14 heavy (non-hydrogen) atoms. The van der Waals surface area contributed by atoms with Gasteiger partial charge in [-0.15, -0.1) is 0 Å². The van der Waals surface area contributed by atoms with Crippen molar-refractivity contribution in [3.63, 3.8) is 0 Å². The smallest absolute Gasteiger partial charge is 0.266 e. The van der Waals surface area contributed by atoms with Gasteiger partial charge in [0.05, 0.1) is 11.9 Å². The van der Waals surface area contributed by atoms with Gasteiger partial charge in [0.15, 0.2) is 0 Å². The largest absolute Gasteiger partial charge is 0.288 e. The summed E-state index contributed by atoms with van der Waals surface area (Å²) < 4.78 is 0. The Balaban J connectivity index is 2.52. The fraction of sp³-hybridized carbons (Fsp3) is 0. The molecule has 1 amide bonds. The number of nitrogens with zero attached hydrogens (tertiary/aromatic N) is 2. The number of hydrogen-bond acceptors (Lipinski definition) is 2. The summed E-state index contributed by atoms with van der Waals surface area (Å²) in [5, 5.41) is 0. The summed E-state index contributed by atoms with van der Waals surface area (Å²) in [6.07, 6.45) is 6.29. The van der Waals surface area contributed by atoms with Gasteiger partial charge in [0, 0.05) is 11.8 Å². The number of benzene rings is 1. The van der Waals surface area contributed by atoms with E-state index in [1.165, 1.54) is 12.4 Å². The summed E-state index contributed by atoms with van der Waals surface area (Å²) in [5.74, 6) is -0.341. The second-order valence-corrected chi connectivity index (χ2v) is 2.79. The number of aliphatic imine (C=N–C) groups is 2. The number of amides is 1. The van der Waals surface area contributed by atoms with E-state index in [0.717, 1.165) is 11.3 Å². The molecule has 0 unspecified atom stereocenters. The lowest BCUT2D eigenvalue weighted by Gasteiger charge is -1.97. The van der Waals surface area contributed by atoms with Crippen LogP contribution < -0.4 is 0 Å². The van der Waals surface area contributed by atoms with E-state index >= 15 is 0 Å². The maximum atomic E-state index is 11.0. The van der Waals surface area contributed by atoms with Crippen LogP contribution in [0.25, 0.3) is 6.08 Å². The van der Waals surface area contributed by atoms with Gasteiger partial charge >= 0.3 is 0 Å². The summed E-state index contributed by atoms with van der Waals surface area (Å²) in [6.45, 7) is 0. The lowest BCUT2D eigenvalue weighted by Crippen LogP contribution is -1.92. The second-order valence-electron chi connectivity index (χ2n) is 2.79. The van der Waals surface area contributed by atoms with Gasteiger partial charge in [-0.25, -0.2) is 4.99 Å². The highest BCUT2D eigenvalue weighted by Gasteiger charge is 1.98. The van der Waals surface area contributed by atoms with E-state index in [-0.39, 0.29) is 5.91 Å². The number of para-hydroxylation sites is 1. The van der Waals surface area contributed by atoms with Crippen LogP contribution >= 0.6 is 0 Å². The van der Waals surface area contributed by atoms with Crippen molar-refractivity contribution < 1.29 is 4.79 Å². The van der Waals surface area contributed by atoms with Crippen molar-refractivity contribution in [3.8, 4) is 0 Å². The van der Waals surface area contributed by atoms with Gasteiger partial charge in [0.25, 0.3) is 5.91 Å². The average molecular weight is 184 g/mol.